The van der Waals surface area contributed by atoms with E-state index >= 15 is 0 Å². The molecule has 0 radical (unpaired) electrons. The molecule has 1 heterocycles. The third-order valence-electron chi connectivity index (χ3n) is 2.21. The van der Waals surface area contributed by atoms with Crippen molar-refractivity contribution in [3.8, 4) is 11.6 Å². The molecule has 0 N–H and O–H groups in total. The van der Waals surface area contributed by atoms with E-state index in [1.807, 2.05) is 0 Å². The van der Waals surface area contributed by atoms with Crippen LogP contribution in [0.4, 0.5) is 5.69 Å². The lowest BCUT2D eigenvalue weighted by atomic mass is 10.2. The maximum Gasteiger partial charge on any atom is 0.273 e. The summed E-state index contributed by atoms with van der Waals surface area (Å²) in [6, 6.07) is 4.32. The van der Waals surface area contributed by atoms with Crippen molar-refractivity contribution in [3.63, 3.8) is 0 Å². The molecule has 0 aliphatic carbocycles. The zero-order valence-corrected chi connectivity index (χ0v) is 10.1. The average Bonchev–Trinajstić information content (AvgIpc) is 2.34. The van der Waals surface area contributed by atoms with Gasteiger partial charge in [-0.3, -0.25) is 10.1 Å². The molecule has 0 saturated heterocycles. The number of nitrogens with zero attached hydrogens (tertiary/aromatic N) is 3. The minimum atomic E-state index is -0.495. The normalized spacial score (nSPS) is 10.1. The number of rotatable bonds is 3. The van der Waals surface area contributed by atoms with Gasteiger partial charge in [0.2, 0.25) is 0 Å². The van der Waals surface area contributed by atoms with E-state index in [-0.39, 0.29) is 16.7 Å². The second kappa shape index (κ2) is 4.97. The fourth-order valence-electron chi connectivity index (χ4n) is 1.29. The second-order valence-electron chi connectivity index (χ2n) is 3.46. The maximum absolute atomic E-state index is 10.7. The van der Waals surface area contributed by atoms with Gasteiger partial charge in [-0.25, -0.2) is 9.97 Å². The second-order valence-corrected chi connectivity index (χ2v) is 3.82. The Morgan fingerprint density at radius 3 is 2.72 bits per heavy atom. The monoisotopic (exact) mass is 265 g/mol. The molecule has 6 nitrogen and oxygen atoms in total. The van der Waals surface area contributed by atoms with Gasteiger partial charge in [0, 0.05) is 18.5 Å². The van der Waals surface area contributed by atoms with Crippen LogP contribution in [0.2, 0.25) is 5.15 Å². The molecule has 92 valence electrons. The van der Waals surface area contributed by atoms with Crippen molar-refractivity contribution < 1.29 is 9.66 Å². The number of ether oxygens (including phenoxy) is 1. The highest BCUT2D eigenvalue weighted by Gasteiger charge is 2.12. The maximum atomic E-state index is 10.7. The Hall–Kier alpha value is -2.21. The molecule has 0 atom stereocenters. The minimum absolute atomic E-state index is 0.0596. The van der Waals surface area contributed by atoms with Gasteiger partial charge < -0.3 is 4.74 Å². The Kier molecular flexibility index (Phi) is 3.38. The lowest BCUT2D eigenvalue weighted by Gasteiger charge is -2.07. The van der Waals surface area contributed by atoms with Crippen LogP contribution in [-0.4, -0.2) is 14.9 Å². The van der Waals surface area contributed by atoms with Crippen LogP contribution in [0.25, 0.3) is 0 Å². The first-order valence-corrected chi connectivity index (χ1v) is 5.35. The fraction of sp³-hybridized carbons (Fsp3) is 0.0909. The molecule has 0 bridgehead atoms. The number of non-ortho nitro benzene ring substituents is 1. The molecule has 18 heavy (non-hydrogen) atoms. The van der Waals surface area contributed by atoms with Crippen LogP contribution < -0.4 is 4.74 Å². The fourth-order valence-corrected chi connectivity index (χ4v) is 1.44. The van der Waals surface area contributed by atoms with Crippen LogP contribution in [0.15, 0.2) is 30.6 Å². The van der Waals surface area contributed by atoms with Crippen molar-refractivity contribution in [2.45, 2.75) is 6.92 Å². The van der Waals surface area contributed by atoms with E-state index in [1.165, 1.54) is 24.5 Å². The molecule has 2 rings (SSSR count). The zero-order chi connectivity index (χ0) is 13.1. The van der Waals surface area contributed by atoms with E-state index in [9.17, 15) is 10.1 Å². The summed E-state index contributed by atoms with van der Waals surface area (Å²) in [5, 5.41) is 10.8. The topological polar surface area (TPSA) is 78.2 Å². The SMILES string of the molecule is Cc1ccc([N+](=O)[O-])cc1Oc1nccnc1Cl. The first-order valence-electron chi connectivity index (χ1n) is 4.97. The summed E-state index contributed by atoms with van der Waals surface area (Å²) in [6.45, 7) is 1.77. The van der Waals surface area contributed by atoms with Gasteiger partial charge in [-0.15, -0.1) is 0 Å². The summed E-state index contributed by atoms with van der Waals surface area (Å²) in [5.74, 6) is 0.439. The van der Waals surface area contributed by atoms with Gasteiger partial charge in [0.05, 0.1) is 11.0 Å². The van der Waals surface area contributed by atoms with E-state index in [0.29, 0.717) is 5.75 Å². The van der Waals surface area contributed by atoms with E-state index in [1.54, 1.807) is 13.0 Å². The highest BCUT2D eigenvalue weighted by molar-refractivity contribution is 6.30. The molecule has 7 heteroatoms. The number of halogens is 1. The van der Waals surface area contributed by atoms with Gasteiger partial charge >= 0.3 is 0 Å². The van der Waals surface area contributed by atoms with Gasteiger partial charge in [-0.05, 0) is 18.6 Å². The third-order valence-corrected chi connectivity index (χ3v) is 2.47. The third kappa shape index (κ3) is 2.54. The first-order chi connectivity index (χ1) is 8.58. The van der Waals surface area contributed by atoms with Crippen LogP contribution >= 0.6 is 11.6 Å². The summed E-state index contributed by atoms with van der Waals surface area (Å²) in [4.78, 5) is 17.9. The molecule has 1 aromatic carbocycles. The molecule has 0 saturated carbocycles. The summed E-state index contributed by atoms with van der Waals surface area (Å²) in [5.41, 5.74) is 0.679. The standard InChI is InChI=1S/C11H8ClN3O3/c1-7-2-3-8(15(16)17)6-9(7)18-11-10(12)13-4-5-14-11/h2-6H,1H3. The molecule has 0 aliphatic rings. The Morgan fingerprint density at radius 2 is 2.06 bits per heavy atom. The molecule has 0 spiro atoms. The number of benzene rings is 1. The lowest BCUT2D eigenvalue weighted by molar-refractivity contribution is -0.384. The molecular formula is C11H8ClN3O3. The Labute approximate surface area is 107 Å². The highest BCUT2D eigenvalue weighted by atomic mass is 35.5. The van der Waals surface area contributed by atoms with Crippen molar-refractivity contribution in [2.24, 2.45) is 0 Å². The van der Waals surface area contributed by atoms with Gasteiger partial charge in [0.25, 0.3) is 11.6 Å². The van der Waals surface area contributed by atoms with Crippen LogP contribution in [-0.2, 0) is 0 Å². The summed E-state index contributed by atoms with van der Waals surface area (Å²) < 4.78 is 5.42. The summed E-state index contributed by atoms with van der Waals surface area (Å²) in [6.07, 6.45) is 2.85. The predicted octanol–water partition coefficient (Wildman–Crippen LogP) is 3.14. The number of aryl methyl sites for hydroxylation is 1. The highest BCUT2D eigenvalue weighted by Crippen LogP contribution is 2.30. The van der Waals surface area contributed by atoms with Crippen molar-refractivity contribution in [1.29, 1.82) is 0 Å². The number of nitro benzene ring substituents is 1. The summed E-state index contributed by atoms with van der Waals surface area (Å²) >= 11 is 5.80. The van der Waals surface area contributed by atoms with E-state index in [0.717, 1.165) is 5.56 Å². The largest absolute Gasteiger partial charge is 0.436 e. The van der Waals surface area contributed by atoms with Crippen LogP contribution in [0.5, 0.6) is 11.6 Å². The molecule has 0 amide bonds. The Bertz CT molecular complexity index is 604. The van der Waals surface area contributed by atoms with Crippen LogP contribution in [0.1, 0.15) is 5.56 Å². The van der Waals surface area contributed by atoms with Gasteiger partial charge in [-0.2, -0.15) is 0 Å². The number of hydrogen-bond donors (Lipinski definition) is 0. The van der Waals surface area contributed by atoms with E-state index in [2.05, 4.69) is 9.97 Å². The number of hydrogen-bond acceptors (Lipinski definition) is 5. The van der Waals surface area contributed by atoms with Crippen LogP contribution in [0.3, 0.4) is 0 Å². The van der Waals surface area contributed by atoms with E-state index < -0.39 is 4.92 Å². The predicted molar refractivity (Wildman–Crippen MR) is 64.9 cm³/mol. The average molecular weight is 266 g/mol. The Morgan fingerprint density at radius 1 is 1.33 bits per heavy atom. The smallest absolute Gasteiger partial charge is 0.273 e. The van der Waals surface area contributed by atoms with Crippen molar-refractivity contribution in [2.75, 3.05) is 0 Å². The molecule has 2 aromatic rings. The van der Waals surface area contributed by atoms with Crippen molar-refractivity contribution in [1.82, 2.24) is 9.97 Å². The summed E-state index contributed by atoms with van der Waals surface area (Å²) in [7, 11) is 0. The van der Waals surface area contributed by atoms with Gasteiger partial charge in [0.15, 0.2) is 5.15 Å². The zero-order valence-electron chi connectivity index (χ0n) is 9.33. The van der Waals surface area contributed by atoms with Crippen LogP contribution in [0, 0.1) is 17.0 Å². The molecular weight excluding hydrogens is 258 g/mol. The number of nitro groups is 1. The van der Waals surface area contributed by atoms with E-state index in [4.69, 9.17) is 16.3 Å². The lowest BCUT2D eigenvalue weighted by Crippen LogP contribution is -1.94. The Balaban J connectivity index is 2.37. The minimum Gasteiger partial charge on any atom is -0.436 e. The molecule has 1 aromatic heterocycles. The van der Waals surface area contributed by atoms with Gasteiger partial charge in [0.1, 0.15) is 5.75 Å². The molecule has 0 aliphatic heterocycles. The van der Waals surface area contributed by atoms with Crippen molar-refractivity contribution in [3.05, 3.63) is 51.4 Å². The quantitative estimate of drug-likeness (QED) is 0.629. The van der Waals surface area contributed by atoms with Gasteiger partial charge in [-0.1, -0.05) is 11.6 Å². The first kappa shape index (κ1) is 12.3. The molecule has 0 unspecified atom stereocenters. The number of aromatic nitrogens is 2. The molecule has 0 fully saturated rings. The van der Waals surface area contributed by atoms with Crippen molar-refractivity contribution >= 4 is 17.3 Å².